The van der Waals surface area contributed by atoms with Gasteiger partial charge in [0.15, 0.2) is 0 Å². The van der Waals surface area contributed by atoms with Crippen molar-refractivity contribution < 1.29 is 4.79 Å². The summed E-state index contributed by atoms with van der Waals surface area (Å²) in [6.45, 7) is 2.47. The van der Waals surface area contributed by atoms with E-state index in [2.05, 4.69) is 5.43 Å². The number of hydrazine groups is 1. The van der Waals surface area contributed by atoms with Gasteiger partial charge < -0.3 is 0 Å². The number of carbonyl (C=O) groups excluding carboxylic acids is 1. The van der Waals surface area contributed by atoms with Crippen LogP contribution in [0.5, 0.6) is 0 Å². The molecule has 15 heavy (non-hydrogen) atoms. The van der Waals surface area contributed by atoms with E-state index >= 15 is 0 Å². The Kier molecular flexibility index (Phi) is 6.75. The van der Waals surface area contributed by atoms with Crippen LogP contribution in [0.3, 0.4) is 0 Å². The van der Waals surface area contributed by atoms with E-state index in [1.165, 1.54) is 0 Å². The molecule has 0 bridgehead atoms. The Morgan fingerprint density at radius 2 is 1.93 bits per heavy atom. The van der Waals surface area contributed by atoms with Gasteiger partial charge in [-0.2, -0.15) is 0 Å². The molecule has 0 atom stereocenters. The number of carbonyl (C=O) groups is 1. The molecule has 0 heterocycles. The van der Waals surface area contributed by atoms with Crippen LogP contribution in [0.1, 0.15) is 18.9 Å². The second-order valence-electron chi connectivity index (χ2n) is 3.04. The fourth-order valence-electron chi connectivity index (χ4n) is 1.25. The molecule has 0 aliphatic rings. The number of benzene rings is 1. The van der Waals surface area contributed by atoms with E-state index < -0.39 is 0 Å². The average Bonchev–Trinajstić information content (AvgIpc) is 2.26. The number of rotatable bonds is 4. The molecule has 0 saturated heterocycles. The van der Waals surface area contributed by atoms with E-state index in [1.54, 1.807) is 12.1 Å². The lowest BCUT2D eigenvalue weighted by Crippen LogP contribution is -2.39. The normalized spacial score (nSPS) is 9.20. The van der Waals surface area contributed by atoms with Crippen LogP contribution in [0, 0.1) is 0 Å². The molecule has 84 valence electrons. The van der Waals surface area contributed by atoms with Crippen molar-refractivity contribution in [3.63, 3.8) is 0 Å². The third kappa shape index (κ3) is 4.32. The van der Waals surface area contributed by atoms with Crippen LogP contribution >= 0.6 is 12.4 Å². The highest BCUT2D eigenvalue weighted by Gasteiger charge is 2.08. The fourth-order valence-corrected chi connectivity index (χ4v) is 1.25. The molecule has 0 aromatic heterocycles. The first-order chi connectivity index (χ1) is 6.77. The zero-order chi connectivity index (χ0) is 10.4. The summed E-state index contributed by atoms with van der Waals surface area (Å²) in [5.74, 6) is 0.108. The summed E-state index contributed by atoms with van der Waals surface area (Å²) in [6, 6.07) is 9.93. The molecule has 1 rings (SSSR count). The maximum atomic E-state index is 11.4. The van der Waals surface area contributed by atoms with Crippen molar-refractivity contribution in [3.05, 3.63) is 35.9 Å². The average molecular weight is 229 g/mol. The number of hydrogen-bond donors (Lipinski definition) is 1. The number of nitrogens with zero attached hydrogens (tertiary/aromatic N) is 1. The maximum absolute atomic E-state index is 11.4. The van der Waals surface area contributed by atoms with Crippen molar-refractivity contribution >= 4 is 18.3 Å². The topological polar surface area (TPSA) is 32.3 Å². The molecule has 0 spiro atoms. The Labute approximate surface area is 96.9 Å². The van der Waals surface area contributed by atoms with Gasteiger partial charge in [0.1, 0.15) is 0 Å². The quantitative estimate of drug-likeness (QED) is 0.800. The number of hydrogen-bond acceptors (Lipinski definition) is 2. The molecule has 0 aliphatic heterocycles. The van der Waals surface area contributed by atoms with Gasteiger partial charge in [-0.3, -0.25) is 9.80 Å². The van der Waals surface area contributed by atoms with E-state index in [4.69, 9.17) is 0 Å². The molecule has 0 aliphatic carbocycles. The van der Waals surface area contributed by atoms with Gasteiger partial charge in [0.2, 0.25) is 5.91 Å². The zero-order valence-corrected chi connectivity index (χ0v) is 9.88. The van der Waals surface area contributed by atoms with Crippen molar-refractivity contribution in [1.82, 2.24) is 10.4 Å². The molecule has 0 saturated carbocycles. The summed E-state index contributed by atoms with van der Waals surface area (Å²) in [7, 11) is 1.76. The van der Waals surface area contributed by atoms with Crippen LogP contribution in [0.25, 0.3) is 0 Å². The monoisotopic (exact) mass is 228 g/mol. The van der Waals surface area contributed by atoms with E-state index in [0.717, 1.165) is 5.56 Å². The minimum absolute atomic E-state index is 0. The second-order valence-corrected chi connectivity index (χ2v) is 3.04. The summed E-state index contributed by atoms with van der Waals surface area (Å²) < 4.78 is 0. The lowest BCUT2D eigenvalue weighted by atomic mass is 10.2. The fraction of sp³-hybridized carbons (Fsp3) is 0.364. The molecule has 0 unspecified atom stereocenters. The highest BCUT2D eigenvalue weighted by atomic mass is 35.5. The van der Waals surface area contributed by atoms with Crippen LogP contribution in [-0.2, 0) is 11.3 Å². The molecule has 1 N–H and O–H groups in total. The molecular weight excluding hydrogens is 212 g/mol. The Morgan fingerprint density at radius 3 is 2.40 bits per heavy atom. The first kappa shape index (κ1) is 13.9. The van der Waals surface area contributed by atoms with Crippen molar-refractivity contribution in [2.24, 2.45) is 0 Å². The summed E-state index contributed by atoms with van der Waals surface area (Å²) in [4.78, 5) is 11.4. The van der Waals surface area contributed by atoms with Crippen molar-refractivity contribution in [3.8, 4) is 0 Å². The van der Waals surface area contributed by atoms with Gasteiger partial charge >= 0.3 is 0 Å². The van der Waals surface area contributed by atoms with Gasteiger partial charge in [0.25, 0.3) is 0 Å². The Bertz CT molecular complexity index is 290. The molecule has 1 aromatic rings. The van der Waals surface area contributed by atoms with Crippen LogP contribution < -0.4 is 5.43 Å². The lowest BCUT2D eigenvalue weighted by Gasteiger charge is -2.20. The molecule has 4 heteroatoms. The molecule has 0 fully saturated rings. The van der Waals surface area contributed by atoms with Gasteiger partial charge in [-0.05, 0) is 5.56 Å². The van der Waals surface area contributed by atoms with Gasteiger partial charge in [-0.25, -0.2) is 5.43 Å². The largest absolute Gasteiger partial charge is 0.274 e. The third-order valence-corrected chi connectivity index (χ3v) is 2.06. The van der Waals surface area contributed by atoms with Crippen LogP contribution in [-0.4, -0.2) is 18.0 Å². The first-order valence-electron chi connectivity index (χ1n) is 4.79. The number of nitrogens with one attached hydrogen (secondary N) is 1. The van der Waals surface area contributed by atoms with E-state index in [9.17, 15) is 4.79 Å². The van der Waals surface area contributed by atoms with E-state index in [1.807, 2.05) is 37.3 Å². The van der Waals surface area contributed by atoms with E-state index in [0.29, 0.717) is 13.0 Å². The standard InChI is InChI=1S/C11H16N2O.ClH/c1-3-11(14)13(12-2)9-10-7-5-4-6-8-10;/h4-8,12H,3,9H2,1-2H3;1H. The third-order valence-electron chi connectivity index (χ3n) is 2.06. The maximum Gasteiger partial charge on any atom is 0.236 e. The summed E-state index contributed by atoms with van der Waals surface area (Å²) in [6.07, 6.45) is 0.522. The van der Waals surface area contributed by atoms with E-state index in [-0.39, 0.29) is 18.3 Å². The SMILES string of the molecule is CCC(=O)N(Cc1ccccc1)NC.Cl. The van der Waals surface area contributed by atoms with Gasteiger partial charge in [0.05, 0.1) is 6.54 Å². The Morgan fingerprint density at radius 1 is 1.33 bits per heavy atom. The summed E-state index contributed by atoms with van der Waals surface area (Å²) in [5, 5.41) is 1.62. The first-order valence-corrected chi connectivity index (χ1v) is 4.79. The minimum atomic E-state index is 0. The summed E-state index contributed by atoms with van der Waals surface area (Å²) >= 11 is 0. The number of amides is 1. The van der Waals surface area contributed by atoms with Crippen LogP contribution in [0.4, 0.5) is 0 Å². The highest BCUT2D eigenvalue weighted by Crippen LogP contribution is 2.03. The van der Waals surface area contributed by atoms with Crippen LogP contribution in [0.15, 0.2) is 30.3 Å². The molecule has 3 nitrogen and oxygen atoms in total. The molecule has 1 amide bonds. The Hall–Kier alpha value is -1.06. The molecule has 1 aromatic carbocycles. The predicted molar refractivity (Wildman–Crippen MR) is 63.6 cm³/mol. The van der Waals surface area contributed by atoms with Gasteiger partial charge in [-0.15, -0.1) is 12.4 Å². The van der Waals surface area contributed by atoms with Crippen molar-refractivity contribution in [1.29, 1.82) is 0 Å². The zero-order valence-electron chi connectivity index (χ0n) is 9.06. The van der Waals surface area contributed by atoms with Crippen molar-refractivity contribution in [2.45, 2.75) is 19.9 Å². The second kappa shape index (κ2) is 7.26. The van der Waals surface area contributed by atoms with Crippen LogP contribution in [0.2, 0.25) is 0 Å². The van der Waals surface area contributed by atoms with Crippen molar-refractivity contribution in [2.75, 3.05) is 7.05 Å². The summed E-state index contributed by atoms with van der Waals surface area (Å²) in [5.41, 5.74) is 4.01. The van der Waals surface area contributed by atoms with Gasteiger partial charge in [0, 0.05) is 13.5 Å². The smallest absolute Gasteiger partial charge is 0.236 e. The number of halogens is 1. The predicted octanol–water partition coefficient (Wildman–Crippen LogP) is 1.98. The lowest BCUT2D eigenvalue weighted by molar-refractivity contribution is -0.134. The Balaban J connectivity index is 0.00000196. The molecule has 0 radical (unpaired) electrons. The highest BCUT2D eigenvalue weighted by molar-refractivity contribution is 5.85. The van der Waals surface area contributed by atoms with Gasteiger partial charge in [-0.1, -0.05) is 37.3 Å². The molecular formula is C11H17ClN2O. The minimum Gasteiger partial charge on any atom is -0.274 e.